The summed E-state index contributed by atoms with van der Waals surface area (Å²) in [4.78, 5) is 12.6. The van der Waals surface area contributed by atoms with E-state index in [9.17, 15) is 4.79 Å². The number of carbonyl (C=O) groups excluding carboxylic acids is 1. The molecule has 2 aromatic rings. The highest BCUT2D eigenvalue weighted by atomic mass is 32.1. The van der Waals surface area contributed by atoms with Crippen molar-refractivity contribution < 1.29 is 9.53 Å². The zero-order valence-corrected chi connectivity index (χ0v) is 16.4. The predicted octanol–water partition coefficient (Wildman–Crippen LogP) is 3.47. The van der Waals surface area contributed by atoms with Crippen molar-refractivity contribution in [3.05, 3.63) is 30.3 Å². The summed E-state index contributed by atoms with van der Waals surface area (Å²) in [5.74, 6) is 0.235. The molecule has 0 spiro atoms. The van der Waals surface area contributed by atoms with E-state index in [-0.39, 0.29) is 24.0 Å². The van der Waals surface area contributed by atoms with Crippen LogP contribution in [0.3, 0.4) is 0 Å². The number of anilines is 1. The van der Waals surface area contributed by atoms with Crippen molar-refractivity contribution in [3.63, 3.8) is 0 Å². The van der Waals surface area contributed by atoms with Gasteiger partial charge in [-0.1, -0.05) is 41.7 Å². The molecular formula is C20H26N4O2S. The number of carbonyl (C=O) groups is 1. The summed E-state index contributed by atoms with van der Waals surface area (Å²) in [5, 5.41) is 16.9. The summed E-state index contributed by atoms with van der Waals surface area (Å²) >= 11 is 1.54. The fraction of sp³-hybridized carbons (Fsp3) is 0.550. The van der Waals surface area contributed by atoms with E-state index in [1.165, 1.54) is 17.8 Å². The summed E-state index contributed by atoms with van der Waals surface area (Å²) in [6.07, 6.45) is 6.06. The van der Waals surface area contributed by atoms with Gasteiger partial charge in [-0.15, -0.1) is 10.2 Å². The second-order valence-corrected chi connectivity index (χ2v) is 8.43. The van der Waals surface area contributed by atoms with Crippen LogP contribution in [0.15, 0.2) is 30.3 Å². The maximum absolute atomic E-state index is 12.6. The van der Waals surface area contributed by atoms with E-state index < -0.39 is 0 Å². The van der Waals surface area contributed by atoms with Crippen LogP contribution in [0.5, 0.6) is 0 Å². The SMILES string of the molecule is CO[C@@H]1CC[C@H](C(=O)NC2CCC2)C[C@H]1Nc1nnc(-c2ccccc2)s1. The molecule has 3 atom stereocenters. The number of nitrogens with one attached hydrogen (secondary N) is 2. The highest BCUT2D eigenvalue weighted by Gasteiger charge is 2.35. The maximum Gasteiger partial charge on any atom is 0.223 e. The van der Waals surface area contributed by atoms with Crippen LogP contribution in [0, 0.1) is 5.92 Å². The monoisotopic (exact) mass is 386 g/mol. The van der Waals surface area contributed by atoms with E-state index in [1.54, 1.807) is 7.11 Å². The lowest BCUT2D eigenvalue weighted by Gasteiger charge is -2.36. The van der Waals surface area contributed by atoms with Crippen LogP contribution in [0.2, 0.25) is 0 Å². The zero-order valence-electron chi connectivity index (χ0n) is 15.6. The number of hydrogen-bond acceptors (Lipinski definition) is 6. The molecule has 2 aliphatic carbocycles. The largest absolute Gasteiger partial charge is 0.379 e. The Morgan fingerprint density at radius 3 is 2.67 bits per heavy atom. The first-order chi connectivity index (χ1) is 13.2. The van der Waals surface area contributed by atoms with E-state index in [0.29, 0.717) is 6.04 Å². The Balaban J connectivity index is 1.41. The van der Waals surface area contributed by atoms with Crippen LogP contribution < -0.4 is 10.6 Å². The first-order valence-electron chi connectivity index (χ1n) is 9.71. The van der Waals surface area contributed by atoms with E-state index in [1.807, 2.05) is 30.3 Å². The summed E-state index contributed by atoms with van der Waals surface area (Å²) in [6.45, 7) is 0. The van der Waals surface area contributed by atoms with Gasteiger partial charge >= 0.3 is 0 Å². The number of amides is 1. The Morgan fingerprint density at radius 2 is 1.96 bits per heavy atom. The topological polar surface area (TPSA) is 76.1 Å². The van der Waals surface area contributed by atoms with E-state index in [0.717, 1.165) is 47.8 Å². The lowest BCUT2D eigenvalue weighted by atomic mass is 9.82. The van der Waals surface area contributed by atoms with Gasteiger partial charge in [0.1, 0.15) is 5.01 Å². The van der Waals surface area contributed by atoms with Gasteiger partial charge in [0.05, 0.1) is 12.1 Å². The van der Waals surface area contributed by atoms with Gasteiger partial charge in [0.15, 0.2) is 0 Å². The number of benzene rings is 1. The first-order valence-corrected chi connectivity index (χ1v) is 10.5. The van der Waals surface area contributed by atoms with E-state index in [2.05, 4.69) is 20.8 Å². The van der Waals surface area contributed by atoms with E-state index >= 15 is 0 Å². The van der Waals surface area contributed by atoms with Crippen LogP contribution >= 0.6 is 11.3 Å². The van der Waals surface area contributed by atoms with Gasteiger partial charge in [-0.25, -0.2) is 0 Å². The second-order valence-electron chi connectivity index (χ2n) is 7.45. The average molecular weight is 387 g/mol. The number of aromatic nitrogens is 2. The number of hydrogen-bond donors (Lipinski definition) is 2. The average Bonchev–Trinajstić information content (AvgIpc) is 3.14. The van der Waals surface area contributed by atoms with Crippen molar-refractivity contribution in [2.45, 2.75) is 56.7 Å². The van der Waals surface area contributed by atoms with Crippen LogP contribution in [-0.2, 0) is 9.53 Å². The van der Waals surface area contributed by atoms with Crippen LogP contribution in [0.1, 0.15) is 38.5 Å². The van der Waals surface area contributed by atoms with Gasteiger partial charge in [-0.2, -0.15) is 0 Å². The molecule has 7 heteroatoms. The molecule has 1 aromatic carbocycles. The molecule has 2 saturated carbocycles. The molecule has 1 amide bonds. The van der Waals surface area contributed by atoms with Crippen LogP contribution in [-0.4, -0.2) is 41.4 Å². The van der Waals surface area contributed by atoms with Crippen LogP contribution in [0.4, 0.5) is 5.13 Å². The Bertz CT molecular complexity index is 762. The molecule has 0 radical (unpaired) electrons. The van der Waals surface area contributed by atoms with Gasteiger partial charge in [0, 0.05) is 24.6 Å². The Kier molecular flexibility index (Phi) is 5.69. The predicted molar refractivity (Wildman–Crippen MR) is 107 cm³/mol. The number of methoxy groups -OCH3 is 1. The van der Waals surface area contributed by atoms with E-state index in [4.69, 9.17) is 4.74 Å². The quantitative estimate of drug-likeness (QED) is 0.795. The normalized spacial score (nSPS) is 25.6. The fourth-order valence-corrected chi connectivity index (χ4v) is 4.63. The molecule has 0 bridgehead atoms. The van der Waals surface area contributed by atoms with Gasteiger partial charge in [-0.05, 0) is 38.5 Å². The molecule has 0 aliphatic heterocycles. The van der Waals surface area contributed by atoms with Crippen molar-refractivity contribution in [2.75, 3.05) is 12.4 Å². The highest BCUT2D eigenvalue weighted by molar-refractivity contribution is 7.18. The molecule has 27 heavy (non-hydrogen) atoms. The molecule has 0 unspecified atom stereocenters. The lowest BCUT2D eigenvalue weighted by Crippen LogP contribution is -2.48. The van der Waals surface area contributed by atoms with Gasteiger partial charge < -0.3 is 15.4 Å². The minimum Gasteiger partial charge on any atom is -0.379 e. The Morgan fingerprint density at radius 1 is 1.15 bits per heavy atom. The lowest BCUT2D eigenvalue weighted by molar-refractivity contribution is -0.128. The fourth-order valence-electron chi connectivity index (χ4n) is 3.82. The molecular weight excluding hydrogens is 360 g/mol. The molecule has 2 N–H and O–H groups in total. The van der Waals surface area contributed by atoms with Gasteiger partial charge in [-0.3, -0.25) is 4.79 Å². The third-order valence-corrected chi connectivity index (χ3v) is 6.57. The molecule has 2 fully saturated rings. The molecule has 2 aliphatic rings. The van der Waals surface area contributed by atoms with Crippen molar-refractivity contribution in [2.24, 2.45) is 5.92 Å². The molecule has 6 nitrogen and oxygen atoms in total. The molecule has 1 aromatic heterocycles. The summed E-state index contributed by atoms with van der Waals surface area (Å²) in [6, 6.07) is 10.5. The first kappa shape index (κ1) is 18.4. The number of nitrogens with zero attached hydrogens (tertiary/aromatic N) is 2. The number of rotatable bonds is 6. The highest BCUT2D eigenvalue weighted by Crippen LogP contribution is 2.32. The minimum atomic E-state index is 0.0380. The molecule has 4 rings (SSSR count). The summed E-state index contributed by atoms with van der Waals surface area (Å²) in [5.41, 5.74) is 1.06. The van der Waals surface area contributed by atoms with Crippen molar-refractivity contribution in [1.29, 1.82) is 0 Å². The van der Waals surface area contributed by atoms with Gasteiger partial charge in [0.2, 0.25) is 11.0 Å². The third kappa shape index (κ3) is 4.30. The van der Waals surface area contributed by atoms with Gasteiger partial charge in [0.25, 0.3) is 0 Å². The molecule has 0 saturated heterocycles. The van der Waals surface area contributed by atoms with Crippen LogP contribution in [0.25, 0.3) is 10.6 Å². The third-order valence-electron chi connectivity index (χ3n) is 5.67. The summed E-state index contributed by atoms with van der Waals surface area (Å²) < 4.78 is 5.67. The van der Waals surface area contributed by atoms with Crippen molar-refractivity contribution in [3.8, 4) is 10.6 Å². The number of ether oxygens (including phenoxy) is 1. The zero-order chi connectivity index (χ0) is 18.6. The van der Waals surface area contributed by atoms with Crippen molar-refractivity contribution >= 4 is 22.4 Å². The Hall–Kier alpha value is -1.99. The minimum absolute atomic E-state index is 0.0380. The smallest absolute Gasteiger partial charge is 0.223 e. The molecule has 1 heterocycles. The maximum atomic E-state index is 12.6. The molecule has 144 valence electrons. The standard InChI is InChI=1S/C20H26N4O2S/c1-26-17-11-10-14(18(25)21-15-8-5-9-15)12-16(17)22-20-24-23-19(27-20)13-6-3-2-4-7-13/h2-4,6-7,14-17H,5,8-12H2,1H3,(H,21,25)(H,22,24)/t14-,16+,17+/m0/s1. The van der Waals surface area contributed by atoms with Crippen molar-refractivity contribution in [1.82, 2.24) is 15.5 Å². The summed E-state index contributed by atoms with van der Waals surface area (Å²) in [7, 11) is 1.74. The Labute approximate surface area is 163 Å². The second kappa shape index (κ2) is 8.35.